The molecule has 1 aromatic heterocycles. The number of hydrogen-bond donors (Lipinski definition) is 1. The predicted molar refractivity (Wildman–Crippen MR) is 77.7 cm³/mol. The maximum atomic E-state index is 5.60. The lowest BCUT2D eigenvalue weighted by Gasteiger charge is -2.22. The number of anilines is 1. The summed E-state index contributed by atoms with van der Waals surface area (Å²) in [5.74, 6) is 1.49. The molecule has 0 spiro atoms. The Kier molecular flexibility index (Phi) is 3.45. The molecule has 3 heteroatoms. The van der Waals surface area contributed by atoms with Crippen molar-refractivity contribution in [1.29, 1.82) is 0 Å². The summed E-state index contributed by atoms with van der Waals surface area (Å²) < 4.78 is 0. The van der Waals surface area contributed by atoms with Crippen LogP contribution >= 0.6 is 0 Å². The van der Waals surface area contributed by atoms with Crippen molar-refractivity contribution in [3.8, 4) is 11.4 Å². The fraction of sp³-hybridized carbons (Fsp3) is 0.375. The van der Waals surface area contributed by atoms with Crippen molar-refractivity contribution in [2.45, 2.75) is 38.0 Å². The second kappa shape index (κ2) is 5.39. The maximum absolute atomic E-state index is 5.60. The van der Waals surface area contributed by atoms with Crippen molar-refractivity contribution in [3.05, 3.63) is 42.2 Å². The first-order valence-corrected chi connectivity index (χ1v) is 7.01. The number of aromatic nitrogens is 2. The van der Waals surface area contributed by atoms with Gasteiger partial charge in [-0.25, -0.2) is 9.97 Å². The molecule has 98 valence electrons. The molecule has 0 radical (unpaired) electrons. The normalized spacial score (nSPS) is 16.4. The van der Waals surface area contributed by atoms with Gasteiger partial charge in [0, 0.05) is 5.56 Å². The maximum Gasteiger partial charge on any atom is 0.159 e. The molecule has 0 saturated heterocycles. The summed E-state index contributed by atoms with van der Waals surface area (Å²) in [5, 5.41) is 0. The zero-order valence-electron chi connectivity index (χ0n) is 11.0. The number of benzene rings is 1. The summed E-state index contributed by atoms with van der Waals surface area (Å²) in [5.41, 5.74) is 8.71. The fourth-order valence-electron chi connectivity index (χ4n) is 2.83. The molecular formula is C16H19N3. The van der Waals surface area contributed by atoms with Crippen molar-refractivity contribution < 1.29 is 0 Å². The third-order valence-corrected chi connectivity index (χ3v) is 3.92. The molecule has 1 aromatic carbocycles. The molecule has 2 aromatic rings. The first-order valence-electron chi connectivity index (χ1n) is 7.01. The Morgan fingerprint density at radius 2 is 1.53 bits per heavy atom. The van der Waals surface area contributed by atoms with Gasteiger partial charge in [-0.1, -0.05) is 43.5 Å². The summed E-state index contributed by atoms with van der Waals surface area (Å²) in [7, 11) is 0. The average molecular weight is 253 g/mol. The molecule has 0 atom stereocenters. The molecule has 3 rings (SSSR count). The van der Waals surface area contributed by atoms with E-state index in [9.17, 15) is 0 Å². The van der Waals surface area contributed by atoms with E-state index in [-0.39, 0.29) is 0 Å². The van der Waals surface area contributed by atoms with Gasteiger partial charge >= 0.3 is 0 Å². The molecular weight excluding hydrogens is 234 g/mol. The number of hydrogen-bond acceptors (Lipinski definition) is 3. The fourth-order valence-corrected chi connectivity index (χ4v) is 2.83. The second-order valence-corrected chi connectivity index (χ2v) is 5.30. The van der Waals surface area contributed by atoms with Crippen molar-refractivity contribution in [3.63, 3.8) is 0 Å². The van der Waals surface area contributed by atoms with E-state index in [0.29, 0.717) is 5.69 Å². The molecule has 0 bridgehead atoms. The Balaban J connectivity index is 1.80. The van der Waals surface area contributed by atoms with Crippen molar-refractivity contribution in [2.75, 3.05) is 5.73 Å². The lowest BCUT2D eigenvalue weighted by molar-refractivity contribution is 0.443. The summed E-state index contributed by atoms with van der Waals surface area (Å²) >= 11 is 0. The van der Waals surface area contributed by atoms with E-state index in [1.165, 1.54) is 37.7 Å². The van der Waals surface area contributed by atoms with Gasteiger partial charge in [0.1, 0.15) is 0 Å². The van der Waals surface area contributed by atoms with Crippen molar-refractivity contribution >= 4 is 5.69 Å². The van der Waals surface area contributed by atoms with E-state index in [4.69, 9.17) is 5.73 Å². The number of nitrogens with two attached hydrogens (primary N) is 1. The average Bonchev–Trinajstić information content (AvgIpc) is 2.49. The van der Waals surface area contributed by atoms with Gasteiger partial charge in [0.05, 0.1) is 18.1 Å². The standard InChI is InChI=1S/C16H19N3/c17-15-10-18-16(19-11-15)14-8-6-13(7-9-14)12-4-2-1-3-5-12/h6-12H,1-5,17H2. The molecule has 0 unspecified atom stereocenters. The molecule has 1 fully saturated rings. The van der Waals surface area contributed by atoms with Crippen LogP contribution in [0, 0.1) is 0 Å². The minimum absolute atomic E-state index is 0.600. The Morgan fingerprint density at radius 3 is 2.16 bits per heavy atom. The van der Waals surface area contributed by atoms with E-state index in [2.05, 4.69) is 34.2 Å². The Labute approximate surface area is 113 Å². The van der Waals surface area contributed by atoms with Crippen molar-refractivity contribution in [2.24, 2.45) is 0 Å². The largest absolute Gasteiger partial charge is 0.396 e. The number of nitrogen functional groups attached to an aromatic ring is 1. The van der Waals surface area contributed by atoms with Crippen LogP contribution in [0.2, 0.25) is 0 Å². The highest BCUT2D eigenvalue weighted by molar-refractivity contribution is 5.56. The molecule has 0 amide bonds. The molecule has 19 heavy (non-hydrogen) atoms. The zero-order valence-corrected chi connectivity index (χ0v) is 11.0. The van der Waals surface area contributed by atoms with E-state index in [1.807, 2.05) is 0 Å². The van der Waals surface area contributed by atoms with Crippen LogP contribution in [0.25, 0.3) is 11.4 Å². The summed E-state index contributed by atoms with van der Waals surface area (Å²) in [6.07, 6.45) is 10.1. The van der Waals surface area contributed by atoms with Gasteiger partial charge in [-0.15, -0.1) is 0 Å². The molecule has 1 heterocycles. The topological polar surface area (TPSA) is 51.8 Å². The summed E-state index contributed by atoms with van der Waals surface area (Å²) in [4.78, 5) is 8.51. The Bertz CT molecular complexity index is 525. The van der Waals surface area contributed by atoms with Crippen LogP contribution in [0.1, 0.15) is 43.6 Å². The van der Waals surface area contributed by atoms with Crippen LogP contribution in [-0.4, -0.2) is 9.97 Å². The first kappa shape index (κ1) is 12.2. The third-order valence-electron chi connectivity index (χ3n) is 3.92. The highest BCUT2D eigenvalue weighted by Crippen LogP contribution is 2.33. The monoisotopic (exact) mass is 253 g/mol. The van der Waals surface area contributed by atoms with Gasteiger partial charge in [0.25, 0.3) is 0 Å². The summed E-state index contributed by atoms with van der Waals surface area (Å²) in [6.45, 7) is 0. The predicted octanol–water partition coefficient (Wildman–Crippen LogP) is 3.77. The van der Waals surface area contributed by atoms with Gasteiger partial charge in [-0.2, -0.15) is 0 Å². The van der Waals surface area contributed by atoms with Gasteiger partial charge in [0.2, 0.25) is 0 Å². The van der Waals surface area contributed by atoms with Gasteiger partial charge in [0.15, 0.2) is 5.82 Å². The quantitative estimate of drug-likeness (QED) is 0.886. The zero-order chi connectivity index (χ0) is 13.1. The van der Waals surface area contributed by atoms with Crippen LogP contribution in [0.4, 0.5) is 5.69 Å². The van der Waals surface area contributed by atoms with E-state index < -0.39 is 0 Å². The van der Waals surface area contributed by atoms with Gasteiger partial charge < -0.3 is 5.73 Å². The molecule has 1 aliphatic rings. The highest BCUT2D eigenvalue weighted by atomic mass is 14.9. The Hall–Kier alpha value is -1.90. The van der Waals surface area contributed by atoms with Crippen LogP contribution in [0.15, 0.2) is 36.7 Å². The summed E-state index contributed by atoms with van der Waals surface area (Å²) in [6, 6.07) is 8.70. The van der Waals surface area contributed by atoms with Crippen LogP contribution in [0.5, 0.6) is 0 Å². The minimum atomic E-state index is 0.600. The lowest BCUT2D eigenvalue weighted by atomic mass is 9.84. The minimum Gasteiger partial charge on any atom is -0.396 e. The highest BCUT2D eigenvalue weighted by Gasteiger charge is 2.15. The van der Waals surface area contributed by atoms with Crippen LogP contribution < -0.4 is 5.73 Å². The van der Waals surface area contributed by atoms with Gasteiger partial charge in [-0.05, 0) is 24.3 Å². The first-order chi connectivity index (χ1) is 9.33. The molecule has 2 N–H and O–H groups in total. The van der Waals surface area contributed by atoms with E-state index in [1.54, 1.807) is 12.4 Å². The van der Waals surface area contributed by atoms with Gasteiger partial charge in [-0.3, -0.25) is 0 Å². The third kappa shape index (κ3) is 2.75. The molecule has 3 nitrogen and oxygen atoms in total. The molecule has 1 aliphatic carbocycles. The molecule has 0 aliphatic heterocycles. The van der Waals surface area contributed by atoms with Crippen molar-refractivity contribution in [1.82, 2.24) is 9.97 Å². The SMILES string of the molecule is Nc1cnc(-c2ccc(C3CCCCC3)cc2)nc1. The van der Waals surface area contributed by atoms with E-state index in [0.717, 1.165) is 17.3 Å². The number of nitrogens with zero attached hydrogens (tertiary/aromatic N) is 2. The van der Waals surface area contributed by atoms with E-state index >= 15 is 0 Å². The van der Waals surface area contributed by atoms with Crippen LogP contribution in [-0.2, 0) is 0 Å². The smallest absolute Gasteiger partial charge is 0.159 e. The lowest BCUT2D eigenvalue weighted by Crippen LogP contribution is -2.04. The number of rotatable bonds is 2. The molecule has 1 saturated carbocycles. The Morgan fingerprint density at radius 1 is 0.895 bits per heavy atom. The van der Waals surface area contributed by atoms with Crippen LogP contribution in [0.3, 0.4) is 0 Å². The second-order valence-electron chi connectivity index (χ2n) is 5.30.